The summed E-state index contributed by atoms with van der Waals surface area (Å²) in [4.78, 5) is 24.3. The Balaban J connectivity index is 2.26. The molecule has 0 saturated carbocycles. The zero-order valence-corrected chi connectivity index (χ0v) is 16.9. The molecule has 0 spiro atoms. The van der Waals surface area contributed by atoms with E-state index in [1.165, 1.54) is 17.6 Å². The Kier molecular flexibility index (Phi) is 5.31. The first-order chi connectivity index (χ1) is 13.1. The van der Waals surface area contributed by atoms with Gasteiger partial charge in [-0.3, -0.25) is 14.2 Å². The summed E-state index contributed by atoms with van der Waals surface area (Å²) in [5, 5.41) is 0.576. The number of hydrogen-bond donors (Lipinski definition) is 0. The van der Waals surface area contributed by atoms with E-state index >= 15 is 0 Å². The van der Waals surface area contributed by atoms with Gasteiger partial charge in [0.05, 0.1) is 11.1 Å². The van der Waals surface area contributed by atoms with Gasteiger partial charge in [-0.15, -0.1) is 0 Å². The molecular formula is C22H21ClFNO3. The topological polar surface area (TPSA) is 48.3 Å². The van der Waals surface area contributed by atoms with Crippen molar-refractivity contribution in [2.45, 2.75) is 39.7 Å². The van der Waals surface area contributed by atoms with Gasteiger partial charge >= 0.3 is 5.97 Å². The highest BCUT2D eigenvalue weighted by Crippen LogP contribution is 2.29. The number of esters is 1. The van der Waals surface area contributed by atoms with Crippen LogP contribution in [-0.2, 0) is 21.6 Å². The van der Waals surface area contributed by atoms with Gasteiger partial charge in [0.1, 0.15) is 17.6 Å². The molecular weight excluding hydrogens is 381 g/mol. The molecule has 0 N–H and O–H groups in total. The van der Waals surface area contributed by atoms with Gasteiger partial charge in [-0.05, 0) is 34.6 Å². The van der Waals surface area contributed by atoms with Crippen LogP contribution >= 0.6 is 11.6 Å². The molecule has 0 bridgehead atoms. The van der Waals surface area contributed by atoms with Crippen molar-refractivity contribution in [1.29, 1.82) is 0 Å². The largest absolute Gasteiger partial charge is 0.461 e. The maximum Gasteiger partial charge on any atom is 0.302 e. The van der Waals surface area contributed by atoms with E-state index < -0.39 is 17.3 Å². The second kappa shape index (κ2) is 7.40. The number of ether oxygens (including phenoxy) is 1. The number of carbonyl (C=O) groups excluding carboxylic acids is 1. The molecule has 0 unspecified atom stereocenters. The minimum Gasteiger partial charge on any atom is -0.461 e. The first kappa shape index (κ1) is 20.1. The molecule has 0 fully saturated rings. The summed E-state index contributed by atoms with van der Waals surface area (Å²) < 4.78 is 21.2. The fourth-order valence-corrected chi connectivity index (χ4v) is 3.34. The van der Waals surface area contributed by atoms with Gasteiger partial charge in [-0.2, -0.15) is 0 Å². The number of hydrogen-bond acceptors (Lipinski definition) is 3. The molecule has 0 aliphatic carbocycles. The minimum atomic E-state index is -0.588. The van der Waals surface area contributed by atoms with Crippen molar-refractivity contribution in [1.82, 2.24) is 4.57 Å². The van der Waals surface area contributed by atoms with E-state index in [-0.39, 0.29) is 22.6 Å². The lowest BCUT2D eigenvalue weighted by atomic mass is 9.86. The lowest BCUT2D eigenvalue weighted by molar-refractivity contribution is -0.142. The summed E-state index contributed by atoms with van der Waals surface area (Å²) in [7, 11) is 0. The molecule has 0 aliphatic heterocycles. The average molecular weight is 402 g/mol. The molecule has 1 aromatic heterocycles. The normalized spacial score (nSPS) is 11.6. The summed E-state index contributed by atoms with van der Waals surface area (Å²) in [5.41, 5.74) is 0.983. The number of carbonyl (C=O) groups is 1. The van der Waals surface area contributed by atoms with Gasteiger partial charge in [-0.25, -0.2) is 4.39 Å². The Morgan fingerprint density at radius 2 is 1.86 bits per heavy atom. The van der Waals surface area contributed by atoms with E-state index in [2.05, 4.69) is 0 Å². The molecule has 146 valence electrons. The molecule has 0 saturated heterocycles. The molecule has 3 aromatic rings. The lowest BCUT2D eigenvalue weighted by Crippen LogP contribution is -2.22. The number of halogens is 2. The van der Waals surface area contributed by atoms with Crippen LogP contribution in [0.1, 0.15) is 38.8 Å². The van der Waals surface area contributed by atoms with Crippen LogP contribution in [0.3, 0.4) is 0 Å². The van der Waals surface area contributed by atoms with Gasteiger partial charge < -0.3 is 4.74 Å². The molecule has 6 heteroatoms. The number of benzene rings is 2. The maximum atomic E-state index is 14.9. The van der Waals surface area contributed by atoms with Crippen molar-refractivity contribution < 1.29 is 13.9 Å². The Hall–Kier alpha value is -2.66. The van der Waals surface area contributed by atoms with E-state index in [4.69, 9.17) is 16.3 Å². The Morgan fingerprint density at radius 1 is 1.18 bits per heavy atom. The van der Waals surface area contributed by atoms with Gasteiger partial charge in [0, 0.05) is 12.5 Å². The van der Waals surface area contributed by atoms with Crippen molar-refractivity contribution >= 4 is 28.3 Å². The zero-order chi connectivity index (χ0) is 20.6. The van der Waals surface area contributed by atoms with Gasteiger partial charge in [0.25, 0.3) is 5.56 Å². The summed E-state index contributed by atoms with van der Waals surface area (Å²) >= 11 is 6.43. The summed E-state index contributed by atoms with van der Waals surface area (Å²) in [5.74, 6) is -1.03. The third-order valence-electron chi connectivity index (χ3n) is 4.56. The van der Waals surface area contributed by atoms with Crippen LogP contribution in [0.25, 0.3) is 16.5 Å². The van der Waals surface area contributed by atoms with Crippen LogP contribution in [-0.4, -0.2) is 10.5 Å². The molecule has 0 radical (unpaired) electrons. The van der Waals surface area contributed by atoms with Crippen LogP contribution in [0, 0.1) is 5.82 Å². The standard InChI is InChI=1S/C22H21ClFNO3/c1-13(26)28-12-14-7-5-6-8-18(14)25-19(23)10-15-9-16(22(2,3)4)11-17(24)20(15)21(25)27/h5-11H,12H2,1-4H3. The predicted molar refractivity (Wildman–Crippen MR) is 109 cm³/mol. The molecule has 4 nitrogen and oxygen atoms in total. The fraction of sp³-hybridized carbons (Fsp3) is 0.273. The monoisotopic (exact) mass is 401 g/mol. The summed E-state index contributed by atoms with van der Waals surface area (Å²) in [6.45, 7) is 7.21. The highest BCUT2D eigenvalue weighted by molar-refractivity contribution is 6.30. The van der Waals surface area contributed by atoms with E-state index in [0.717, 1.165) is 5.56 Å². The summed E-state index contributed by atoms with van der Waals surface area (Å²) in [6.07, 6.45) is 0. The Bertz CT molecular complexity index is 1130. The number of aromatic nitrogens is 1. The minimum absolute atomic E-state index is 0.0161. The number of rotatable bonds is 3. The lowest BCUT2D eigenvalue weighted by Gasteiger charge is -2.20. The predicted octanol–water partition coefficient (Wildman–Crippen LogP) is 5.14. The highest BCUT2D eigenvalue weighted by Gasteiger charge is 2.20. The Labute approximate surface area is 167 Å². The van der Waals surface area contributed by atoms with Crippen molar-refractivity contribution in [3.8, 4) is 5.69 Å². The smallest absolute Gasteiger partial charge is 0.302 e. The second-order valence-corrected chi connectivity index (χ2v) is 8.08. The first-order valence-corrected chi connectivity index (χ1v) is 9.24. The molecule has 2 aromatic carbocycles. The van der Waals surface area contributed by atoms with E-state index in [9.17, 15) is 14.0 Å². The van der Waals surface area contributed by atoms with Crippen LogP contribution < -0.4 is 5.56 Å². The zero-order valence-electron chi connectivity index (χ0n) is 16.2. The van der Waals surface area contributed by atoms with Gasteiger partial charge in [-0.1, -0.05) is 56.6 Å². The molecule has 0 amide bonds. The number of pyridine rings is 1. The molecule has 3 rings (SSSR count). The van der Waals surface area contributed by atoms with Crippen LogP contribution in [0.2, 0.25) is 5.15 Å². The second-order valence-electron chi connectivity index (χ2n) is 7.69. The van der Waals surface area contributed by atoms with Crippen LogP contribution in [0.15, 0.2) is 47.3 Å². The fourth-order valence-electron chi connectivity index (χ4n) is 3.06. The Morgan fingerprint density at radius 3 is 2.50 bits per heavy atom. The average Bonchev–Trinajstić information content (AvgIpc) is 2.59. The quantitative estimate of drug-likeness (QED) is 0.450. The molecule has 0 aliphatic rings. The maximum absolute atomic E-state index is 14.9. The van der Waals surface area contributed by atoms with Gasteiger partial charge in [0.2, 0.25) is 0 Å². The third-order valence-corrected chi connectivity index (χ3v) is 4.83. The van der Waals surface area contributed by atoms with E-state index in [1.807, 2.05) is 20.8 Å². The van der Waals surface area contributed by atoms with Crippen LogP contribution in [0.5, 0.6) is 0 Å². The van der Waals surface area contributed by atoms with Crippen molar-refractivity contribution in [2.75, 3.05) is 0 Å². The number of fused-ring (bicyclic) bond motifs is 1. The highest BCUT2D eigenvalue weighted by atomic mass is 35.5. The third kappa shape index (κ3) is 3.80. The van der Waals surface area contributed by atoms with Gasteiger partial charge in [0.15, 0.2) is 0 Å². The molecule has 0 atom stereocenters. The van der Waals surface area contributed by atoms with Crippen LogP contribution in [0.4, 0.5) is 4.39 Å². The summed E-state index contributed by atoms with van der Waals surface area (Å²) in [6, 6.07) is 11.7. The van der Waals surface area contributed by atoms with Crippen molar-refractivity contribution in [2.24, 2.45) is 0 Å². The van der Waals surface area contributed by atoms with Crippen molar-refractivity contribution in [3.63, 3.8) is 0 Å². The number of nitrogens with zero attached hydrogens (tertiary/aromatic N) is 1. The molecule has 28 heavy (non-hydrogen) atoms. The molecule has 1 heterocycles. The van der Waals surface area contributed by atoms with Crippen molar-refractivity contribution in [3.05, 3.63) is 74.9 Å². The van der Waals surface area contributed by atoms with E-state index in [1.54, 1.807) is 36.4 Å². The SMILES string of the molecule is CC(=O)OCc1ccccc1-n1c(Cl)cc2cc(C(C)(C)C)cc(F)c2c1=O. The number of para-hydroxylation sites is 1. The first-order valence-electron chi connectivity index (χ1n) is 8.86. The van der Waals surface area contributed by atoms with E-state index in [0.29, 0.717) is 16.6 Å².